The van der Waals surface area contributed by atoms with Gasteiger partial charge in [0.1, 0.15) is 17.5 Å². The summed E-state index contributed by atoms with van der Waals surface area (Å²) in [6.45, 7) is 7.83. The highest BCUT2D eigenvalue weighted by Crippen LogP contribution is 2.27. The fourth-order valence-corrected chi connectivity index (χ4v) is 2.92. The van der Waals surface area contributed by atoms with Crippen LogP contribution in [-0.4, -0.2) is 43.3 Å². The molecule has 0 fully saturated rings. The zero-order chi connectivity index (χ0) is 22.3. The second-order valence-corrected chi connectivity index (χ2v) is 8.18. The molecule has 0 saturated carbocycles. The average molecular weight is 414 g/mol. The van der Waals surface area contributed by atoms with Crippen LogP contribution in [0.5, 0.6) is 5.75 Å². The Kier molecular flexibility index (Phi) is 7.86. The Bertz CT molecular complexity index is 858. The minimum Gasteiger partial charge on any atom is -0.486 e. The fourth-order valence-electron chi connectivity index (χ4n) is 2.92. The second kappa shape index (κ2) is 10.1. The summed E-state index contributed by atoms with van der Waals surface area (Å²) >= 11 is 0. The number of carbonyl (C=O) groups is 2. The predicted octanol–water partition coefficient (Wildman–Crippen LogP) is 5.16. The number of rotatable bonds is 7. The van der Waals surface area contributed by atoms with Gasteiger partial charge in [0.15, 0.2) is 0 Å². The van der Waals surface area contributed by atoms with Gasteiger partial charge in [-0.15, -0.1) is 0 Å². The summed E-state index contributed by atoms with van der Waals surface area (Å²) in [6, 6.07) is 15.1. The maximum Gasteiger partial charge on any atom is 0.410 e. The normalized spacial score (nSPS) is 12.1. The lowest BCUT2D eigenvalue weighted by molar-refractivity contribution is 0.0278. The minimum absolute atomic E-state index is 0.264. The smallest absolute Gasteiger partial charge is 0.410 e. The highest BCUT2D eigenvalue weighted by atomic mass is 16.6. The molecule has 2 aromatic rings. The van der Waals surface area contributed by atoms with Crippen LogP contribution < -0.4 is 4.74 Å². The number of benzene rings is 2. The van der Waals surface area contributed by atoms with E-state index < -0.39 is 5.60 Å². The maximum atomic E-state index is 12.3. The van der Waals surface area contributed by atoms with Gasteiger partial charge in [0.05, 0.1) is 12.7 Å². The molecule has 0 radical (unpaired) electrons. The molecule has 0 aliphatic carbocycles. The molecule has 0 saturated heterocycles. The van der Waals surface area contributed by atoms with Crippen LogP contribution in [0.1, 0.15) is 54.8 Å². The van der Waals surface area contributed by atoms with Crippen molar-refractivity contribution in [2.45, 2.75) is 45.8 Å². The van der Waals surface area contributed by atoms with Gasteiger partial charge in [-0.25, -0.2) is 9.59 Å². The Morgan fingerprint density at radius 2 is 1.73 bits per heavy atom. The van der Waals surface area contributed by atoms with Gasteiger partial charge < -0.3 is 19.1 Å². The first-order valence-corrected chi connectivity index (χ1v) is 9.95. The lowest BCUT2D eigenvalue weighted by Gasteiger charge is -2.26. The topological polar surface area (TPSA) is 65.1 Å². The van der Waals surface area contributed by atoms with Crippen molar-refractivity contribution in [3.05, 3.63) is 65.2 Å². The highest BCUT2D eigenvalue weighted by Gasteiger charge is 2.22. The number of esters is 1. The number of hydrogen-bond donors (Lipinski definition) is 0. The van der Waals surface area contributed by atoms with Crippen LogP contribution in [0.4, 0.5) is 4.79 Å². The van der Waals surface area contributed by atoms with E-state index in [-0.39, 0.29) is 18.2 Å². The zero-order valence-electron chi connectivity index (χ0n) is 18.6. The van der Waals surface area contributed by atoms with Gasteiger partial charge in [-0.05, 0) is 57.0 Å². The summed E-state index contributed by atoms with van der Waals surface area (Å²) in [5, 5.41) is 0. The van der Waals surface area contributed by atoms with E-state index in [1.807, 2.05) is 64.1 Å². The van der Waals surface area contributed by atoms with Crippen LogP contribution in [0.15, 0.2) is 48.5 Å². The fraction of sp³-hybridized carbons (Fsp3) is 0.417. The molecule has 0 spiro atoms. The van der Waals surface area contributed by atoms with Crippen molar-refractivity contribution < 1.29 is 23.8 Å². The molecular weight excluding hydrogens is 382 g/mol. The molecular formula is C24H31NO5. The first-order chi connectivity index (χ1) is 14.1. The third kappa shape index (κ3) is 6.79. The minimum atomic E-state index is -0.542. The van der Waals surface area contributed by atoms with Crippen molar-refractivity contribution in [2.24, 2.45) is 0 Å². The maximum absolute atomic E-state index is 12.3. The Morgan fingerprint density at radius 1 is 1.07 bits per heavy atom. The van der Waals surface area contributed by atoms with E-state index in [2.05, 4.69) is 0 Å². The molecule has 6 heteroatoms. The van der Waals surface area contributed by atoms with Crippen molar-refractivity contribution in [2.75, 3.05) is 20.7 Å². The molecule has 0 N–H and O–H groups in total. The molecule has 2 rings (SSSR count). The SMILES string of the molecule is COC(=O)c1ccc(O[C@@H](CCN(C)C(=O)OC(C)(C)C)c2ccccc2)cc1C. The third-order valence-corrected chi connectivity index (χ3v) is 4.48. The highest BCUT2D eigenvalue weighted by molar-refractivity contribution is 5.91. The summed E-state index contributed by atoms with van der Waals surface area (Å²) in [4.78, 5) is 25.6. The van der Waals surface area contributed by atoms with E-state index in [0.717, 1.165) is 11.1 Å². The van der Waals surface area contributed by atoms with Crippen LogP contribution in [0, 0.1) is 6.92 Å². The predicted molar refractivity (Wildman–Crippen MR) is 116 cm³/mol. The van der Waals surface area contributed by atoms with Gasteiger partial charge in [-0.3, -0.25) is 0 Å². The number of ether oxygens (including phenoxy) is 3. The third-order valence-electron chi connectivity index (χ3n) is 4.48. The molecule has 0 heterocycles. The Morgan fingerprint density at radius 3 is 2.30 bits per heavy atom. The summed E-state index contributed by atoms with van der Waals surface area (Å²) in [7, 11) is 3.07. The van der Waals surface area contributed by atoms with Crippen LogP contribution in [0.3, 0.4) is 0 Å². The molecule has 0 aliphatic heterocycles. The number of aryl methyl sites for hydroxylation is 1. The quantitative estimate of drug-likeness (QED) is 0.587. The van der Waals surface area contributed by atoms with Gasteiger partial charge >= 0.3 is 12.1 Å². The van der Waals surface area contributed by atoms with Gasteiger partial charge in [0, 0.05) is 20.0 Å². The van der Waals surface area contributed by atoms with Crippen LogP contribution in [0.2, 0.25) is 0 Å². The molecule has 6 nitrogen and oxygen atoms in total. The van der Waals surface area contributed by atoms with Gasteiger partial charge in [-0.2, -0.15) is 0 Å². The van der Waals surface area contributed by atoms with E-state index in [1.54, 1.807) is 24.1 Å². The van der Waals surface area contributed by atoms with Crippen LogP contribution in [0.25, 0.3) is 0 Å². The Labute approximate surface area is 178 Å². The summed E-state index contributed by atoms with van der Waals surface area (Å²) in [5.74, 6) is 0.270. The number of hydrogen-bond acceptors (Lipinski definition) is 5. The zero-order valence-corrected chi connectivity index (χ0v) is 18.6. The lowest BCUT2D eigenvalue weighted by Crippen LogP contribution is -2.35. The van der Waals surface area contributed by atoms with Crippen molar-refractivity contribution in [3.63, 3.8) is 0 Å². The summed E-state index contributed by atoms with van der Waals surface area (Å²) < 4.78 is 16.5. The van der Waals surface area contributed by atoms with E-state index in [9.17, 15) is 9.59 Å². The van der Waals surface area contributed by atoms with Crippen molar-refractivity contribution >= 4 is 12.1 Å². The molecule has 0 aliphatic rings. The molecule has 0 unspecified atom stereocenters. The first-order valence-electron chi connectivity index (χ1n) is 9.95. The number of methoxy groups -OCH3 is 1. The van der Waals surface area contributed by atoms with Gasteiger partial charge in [0.2, 0.25) is 0 Å². The monoisotopic (exact) mass is 413 g/mol. The van der Waals surface area contributed by atoms with E-state index >= 15 is 0 Å². The molecule has 1 amide bonds. The van der Waals surface area contributed by atoms with E-state index in [0.29, 0.717) is 24.3 Å². The van der Waals surface area contributed by atoms with E-state index in [1.165, 1.54) is 7.11 Å². The van der Waals surface area contributed by atoms with Gasteiger partial charge in [-0.1, -0.05) is 30.3 Å². The molecule has 1 atom stereocenters. The summed E-state index contributed by atoms with van der Waals surface area (Å²) in [5.41, 5.74) is 1.74. The van der Waals surface area contributed by atoms with Crippen LogP contribution >= 0.6 is 0 Å². The average Bonchev–Trinajstić information content (AvgIpc) is 2.69. The van der Waals surface area contributed by atoms with Crippen molar-refractivity contribution in [1.82, 2.24) is 4.90 Å². The summed E-state index contributed by atoms with van der Waals surface area (Å²) in [6.07, 6.45) is -0.0515. The molecule has 0 bridgehead atoms. The lowest BCUT2D eigenvalue weighted by atomic mass is 10.1. The van der Waals surface area contributed by atoms with Gasteiger partial charge in [0.25, 0.3) is 0 Å². The standard InChI is InChI=1S/C24H31NO5/c1-17-16-19(12-13-20(17)22(26)28-6)29-21(18-10-8-7-9-11-18)14-15-25(5)23(27)30-24(2,3)4/h7-13,16,21H,14-15H2,1-6H3/t21-/m0/s1. The Hall–Kier alpha value is -3.02. The molecule has 162 valence electrons. The van der Waals surface area contributed by atoms with Crippen molar-refractivity contribution in [1.29, 1.82) is 0 Å². The Balaban J connectivity index is 2.14. The van der Waals surface area contributed by atoms with Crippen LogP contribution in [-0.2, 0) is 9.47 Å². The number of amides is 1. The van der Waals surface area contributed by atoms with Crippen molar-refractivity contribution in [3.8, 4) is 5.75 Å². The largest absolute Gasteiger partial charge is 0.486 e. The first kappa shape index (κ1) is 23.3. The molecule has 30 heavy (non-hydrogen) atoms. The second-order valence-electron chi connectivity index (χ2n) is 8.18. The molecule has 0 aromatic heterocycles. The molecule has 2 aromatic carbocycles. The number of nitrogens with zero attached hydrogens (tertiary/aromatic N) is 1. The number of carbonyl (C=O) groups excluding carboxylic acids is 2. The van der Waals surface area contributed by atoms with E-state index in [4.69, 9.17) is 14.2 Å².